The molecule has 0 amide bonds. The van der Waals surface area contributed by atoms with Gasteiger partial charge < -0.3 is 5.73 Å². The van der Waals surface area contributed by atoms with Crippen molar-refractivity contribution in [3.8, 4) is 0 Å². The Morgan fingerprint density at radius 3 is 3.06 bits per heavy atom. The number of H-pyrrole nitrogens is 1. The van der Waals surface area contributed by atoms with Crippen LogP contribution in [0.15, 0.2) is 30.5 Å². The first-order valence-electron chi connectivity index (χ1n) is 5.53. The number of aromatic amines is 1. The lowest BCUT2D eigenvalue weighted by molar-refractivity contribution is 0.491. The number of fused-ring (bicyclic) bond motifs is 1. The van der Waals surface area contributed by atoms with E-state index in [1.807, 2.05) is 0 Å². The molecule has 1 aromatic heterocycles. The van der Waals surface area contributed by atoms with Crippen molar-refractivity contribution in [3.63, 3.8) is 0 Å². The number of nitrogens with one attached hydrogen (secondary N) is 1. The van der Waals surface area contributed by atoms with E-state index in [2.05, 4.69) is 39.7 Å². The van der Waals surface area contributed by atoms with Gasteiger partial charge in [0.15, 0.2) is 0 Å². The first-order chi connectivity index (χ1) is 7.84. The van der Waals surface area contributed by atoms with Crippen LogP contribution in [-0.4, -0.2) is 15.4 Å². The molecule has 16 heavy (non-hydrogen) atoms. The third-order valence-electron chi connectivity index (χ3n) is 3.31. The van der Waals surface area contributed by atoms with Crippen LogP contribution in [0.4, 0.5) is 0 Å². The highest BCUT2D eigenvalue weighted by Crippen LogP contribution is 2.39. The van der Waals surface area contributed by atoms with E-state index in [4.69, 9.17) is 5.73 Å². The van der Waals surface area contributed by atoms with Crippen molar-refractivity contribution in [1.82, 2.24) is 15.4 Å². The molecule has 3 N–H and O–H groups in total. The zero-order chi connectivity index (χ0) is 11.0. The van der Waals surface area contributed by atoms with Crippen LogP contribution >= 0.6 is 0 Å². The Kier molecular flexibility index (Phi) is 2.22. The summed E-state index contributed by atoms with van der Waals surface area (Å²) in [5.74, 6) is 0.586. The minimum Gasteiger partial charge on any atom is -0.323 e. The molecule has 0 radical (unpaired) electrons. The Balaban J connectivity index is 1.70. The lowest BCUT2D eigenvalue weighted by Crippen LogP contribution is -2.23. The summed E-state index contributed by atoms with van der Waals surface area (Å²) in [5, 5.41) is 10.4. The van der Waals surface area contributed by atoms with Crippen LogP contribution in [0.2, 0.25) is 0 Å². The van der Waals surface area contributed by atoms with Crippen molar-refractivity contribution in [2.24, 2.45) is 5.73 Å². The molecule has 0 saturated carbocycles. The van der Waals surface area contributed by atoms with E-state index in [1.165, 1.54) is 11.1 Å². The van der Waals surface area contributed by atoms with Gasteiger partial charge in [-0.2, -0.15) is 15.4 Å². The van der Waals surface area contributed by atoms with Gasteiger partial charge in [-0.05, 0) is 29.9 Å². The molecule has 0 aliphatic heterocycles. The molecular weight excluding hydrogens is 200 g/mol. The normalized spacial score (nSPS) is 19.9. The monoisotopic (exact) mass is 214 g/mol. The van der Waals surface area contributed by atoms with Crippen molar-refractivity contribution < 1.29 is 0 Å². The van der Waals surface area contributed by atoms with E-state index in [0.29, 0.717) is 5.92 Å². The van der Waals surface area contributed by atoms with E-state index >= 15 is 0 Å². The quantitative estimate of drug-likeness (QED) is 0.814. The summed E-state index contributed by atoms with van der Waals surface area (Å²) in [4.78, 5) is 0. The smallest absolute Gasteiger partial charge is 0.0991 e. The van der Waals surface area contributed by atoms with Gasteiger partial charge in [-0.3, -0.25) is 0 Å². The van der Waals surface area contributed by atoms with Crippen LogP contribution in [0.3, 0.4) is 0 Å². The van der Waals surface area contributed by atoms with Crippen molar-refractivity contribution in [2.45, 2.75) is 24.8 Å². The molecule has 82 valence electrons. The van der Waals surface area contributed by atoms with Crippen molar-refractivity contribution in [1.29, 1.82) is 0 Å². The van der Waals surface area contributed by atoms with Crippen LogP contribution in [0.25, 0.3) is 0 Å². The second-order valence-electron chi connectivity index (χ2n) is 4.34. The summed E-state index contributed by atoms with van der Waals surface area (Å²) < 4.78 is 0. The van der Waals surface area contributed by atoms with E-state index in [1.54, 1.807) is 6.20 Å². The molecule has 4 nitrogen and oxygen atoms in total. The van der Waals surface area contributed by atoms with Gasteiger partial charge in [-0.1, -0.05) is 24.3 Å². The zero-order valence-corrected chi connectivity index (χ0v) is 8.93. The summed E-state index contributed by atoms with van der Waals surface area (Å²) >= 11 is 0. The maximum Gasteiger partial charge on any atom is 0.0991 e. The molecule has 1 aromatic carbocycles. The number of nitrogens with zero attached hydrogens (tertiary/aromatic N) is 2. The fourth-order valence-corrected chi connectivity index (χ4v) is 2.39. The van der Waals surface area contributed by atoms with E-state index in [0.717, 1.165) is 18.5 Å². The number of rotatable bonds is 3. The largest absolute Gasteiger partial charge is 0.323 e. The maximum atomic E-state index is 6.08. The van der Waals surface area contributed by atoms with Gasteiger partial charge in [0.2, 0.25) is 0 Å². The van der Waals surface area contributed by atoms with Crippen molar-refractivity contribution in [2.75, 3.05) is 0 Å². The predicted molar refractivity (Wildman–Crippen MR) is 60.8 cm³/mol. The highest BCUT2D eigenvalue weighted by atomic mass is 15.3. The minimum absolute atomic E-state index is 0.0166. The Morgan fingerprint density at radius 2 is 2.31 bits per heavy atom. The first-order valence-corrected chi connectivity index (χ1v) is 5.53. The van der Waals surface area contributed by atoms with Crippen molar-refractivity contribution in [3.05, 3.63) is 47.3 Å². The van der Waals surface area contributed by atoms with Crippen LogP contribution in [0.5, 0.6) is 0 Å². The minimum atomic E-state index is -0.0166. The molecule has 2 aromatic rings. The molecule has 2 unspecified atom stereocenters. The van der Waals surface area contributed by atoms with Gasteiger partial charge in [-0.25, -0.2) is 0 Å². The first kappa shape index (κ1) is 9.54. The van der Waals surface area contributed by atoms with Gasteiger partial charge in [0, 0.05) is 0 Å². The fraction of sp³-hybridized carbons (Fsp3) is 0.333. The third kappa shape index (κ3) is 1.51. The Hall–Kier alpha value is -1.68. The number of nitrogens with two attached hydrogens (primary N) is 1. The predicted octanol–water partition coefficient (Wildman–Crippen LogP) is 1.53. The van der Waals surface area contributed by atoms with Gasteiger partial charge in [0.25, 0.3) is 0 Å². The van der Waals surface area contributed by atoms with Gasteiger partial charge >= 0.3 is 0 Å². The highest BCUT2D eigenvalue weighted by molar-refractivity contribution is 5.40. The van der Waals surface area contributed by atoms with E-state index in [-0.39, 0.29) is 6.04 Å². The topological polar surface area (TPSA) is 67.6 Å². The van der Waals surface area contributed by atoms with E-state index < -0.39 is 0 Å². The molecule has 1 aliphatic carbocycles. The summed E-state index contributed by atoms with van der Waals surface area (Å²) in [5.41, 5.74) is 9.84. The second kappa shape index (κ2) is 3.72. The number of hydrogen-bond donors (Lipinski definition) is 2. The standard InChI is InChI=1S/C12H14N4/c13-11(12-7-14-16-15-12)6-9-5-8-3-1-2-4-10(8)9/h1-4,7,9,11H,5-6,13H2,(H,14,15,16). The van der Waals surface area contributed by atoms with Crippen molar-refractivity contribution >= 4 is 0 Å². The third-order valence-corrected chi connectivity index (χ3v) is 3.31. The molecule has 1 heterocycles. The van der Waals surface area contributed by atoms with E-state index in [9.17, 15) is 0 Å². The Bertz CT molecular complexity index is 478. The maximum absolute atomic E-state index is 6.08. The molecule has 0 fully saturated rings. The molecule has 0 saturated heterocycles. The molecule has 0 spiro atoms. The molecule has 4 heteroatoms. The SMILES string of the molecule is NC(CC1Cc2ccccc21)c1cn[nH]n1. The van der Waals surface area contributed by atoms with Crippen LogP contribution < -0.4 is 5.73 Å². The van der Waals surface area contributed by atoms with Crippen LogP contribution in [0.1, 0.15) is 35.2 Å². The number of benzene rings is 1. The zero-order valence-electron chi connectivity index (χ0n) is 8.93. The highest BCUT2D eigenvalue weighted by Gasteiger charge is 2.27. The number of aromatic nitrogens is 3. The molecule has 3 rings (SSSR count). The van der Waals surface area contributed by atoms with Crippen LogP contribution in [-0.2, 0) is 6.42 Å². The molecule has 1 aliphatic rings. The molecular formula is C12H14N4. The number of hydrogen-bond acceptors (Lipinski definition) is 3. The lowest BCUT2D eigenvalue weighted by atomic mass is 9.74. The van der Waals surface area contributed by atoms with Gasteiger partial charge in [0.05, 0.1) is 17.9 Å². The average molecular weight is 214 g/mol. The molecule has 2 atom stereocenters. The van der Waals surface area contributed by atoms with Gasteiger partial charge in [-0.15, -0.1) is 0 Å². The summed E-state index contributed by atoms with van der Waals surface area (Å²) in [7, 11) is 0. The Morgan fingerprint density at radius 1 is 1.44 bits per heavy atom. The lowest BCUT2D eigenvalue weighted by Gasteiger charge is -2.31. The molecule has 0 bridgehead atoms. The summed E-state index contributed by atoms with van der Waals surface area (Å²) in [6, 6.07) is 8.54. The fourth-order valence-electron chi connectivity index (χ4n) is 2.39. The Labute approximate surface area is 93.9 Å². The van der Waals surface area contributed by atoms with Crippen LogP contribution in [0, 0.1) is 0 Å². The summed E-state index contributed by atoms with van der Waals surface area (Å²) in [6.45, 7) is 0. The van der Waals surface area contributed by atoms with Gasteiger partial charge in [0.1, 0.15) is 0 Å². The summed E-state index contributed by atoms with van der Waals surface area (Å²) in [6.07, 6.45) is 3.79. The second-order valence-corrected chi connectivity index (χ2v) is 4.34. The average Bonchev–Trinajstić information content (AvgIpc) is 2.79.